The second-order valence-corrected chi connectivity index (χ2v) is 6.74. The van der Waals surface area contributed by atoms with Crippen molar-refractivity contribution in [1.82, 2.24) is 9.88 Å². The first kappa shape index (κ1) is 21.3. The SMILES string of the molecule is CCN(CC(=O)Nc1ccccc1C(F)(F)F)C(=O)c1cc(C)nc2ccccc12. The number of nitrogens with one attached hydrogen (secondary N) is 1. The zero-order chi connectivity index (χ0) is 21.9. The summed E-state index contributed by atoms with van der Waals surface area (Å²) >= 11 is 0. The molecule has 0 radical (unpaired) electrons. The van der Waals surface area contributed by atoms with Crippen molar-refractivity contribution >= 4 is 28.4 Å². The number of likely N-dealkylation sites (N-methyl/N-ethyl adjacent to an activating group) is 1. The largest absolute Gasteiger partial charge is 0.418 e. The fraction of sp³-hybridized carbons (Fsp3) is 0.227. The summed E-state index contributed by atoms with van der Waals surface area (Å²) in [6, 6.07) is 13.5. The molecule has 0 aliphatic heterocycles. The number of fused-ring (bicyclic) bond motifs is 1. The maximum absolute atomic E-state index is 13.1. The van der Waals surface area contributed by atoms with E-state index < -0.39 is 23.6 Å². The molecule has 5 nitrogen and oxygen atoms in total. The summed E-state index contributed by atoms with van der Waals surface area (Å²) < 4.78 is 39.4. The minimum absolute atomic E-state index is 0.211. The number of hydrogen-bond acceptors (Lipinski definition) is 3. The van der Waals surface area contributed by atoms with Crippen molar-refractivity contribution in [3.63, 3.8) is 0 Å². The van der Waals surface area contributed by atoms with Crippen LogP contribution in [0.1, 0.15) is 28.5 Å². The molecule has 2 aromatic carbocycles. The molecule has 0 saturated carbocycles. The molecule has 8 heteroatoms. The number of nitrogens with zero attached hydrogens (tertiary/aromatic N) is 2. The van der Waals surface area contributed by atoms with E-state index in [1.165, 1.54) is 23.1 Å². The summed E-state index contributed by atoms with van der Waals surface area (Å²) in [5.41, 5.74) is 0.410. The van der Waals surface area contributed by atoms with E-state index in [1.807, 2.05) is 6.07 Å². The van der Waals surface area contributed by atoms with Crippen molar-refractivity contribution in [2.75, 3.05) is 18.4 Å². The van der Waals surface area contributed by atoms with Crippen molar-refractivity contribution in [3.8, 4) is 0 Å². The summed E-state index contributed by atoms with van der Waals surface area (Å²) in [5.74, 6) is -1.10. The number of hydrogen-bond donors (Lipinski definition) is 1. The van der Waals surface area contributed by atoms with Gasteiger partial charge in [0, 0.05) is 17.6 Å². The highest BCUT2D eigenvalue weighted by Crippen LogP contribution is 2.34. The average Bonchev–Trinajstić information content (AvgIpc) is 2.70. The third-order valence-corrected chi connectivity index (χ3v) is 4.58. The Morgan fingerprint density at radius 2 is 1.73 bits per heavy atom. The summed E-state index contributed by atoms with van der Waals surface area (Å²) in [5, 5.41) is 2.92. The summed E-state index contributed by atoms with van der Waals surface area (Å²) in [4.78, 5) is 31.2. The zero-order valence-electron chi connectivity index (χ0n) is 16.5. The van der Waals surface area contributed by atoms with Crippen LogP contribution in [0.15, 0.2) is 54.6 Å². The number of alkyl halides is 3. The van der Waals surface area contributed by atoms with Crippen LogP contribution < -0.4 is 5.32 Å². The van der Waals surface area contributed by atoms with Gasteiger partial charge in [-0.1, -0.05) is 30.3 Å². The van der Waals surface area contributed by atoms with Crippen molar-refractivity contribution in [3.05, 3.63) is 71.4 Å². The lowest BCUT2D eigenvalue weighted by atomic mass is 10.1. The highest BCUT2D eigenvalue weighted by atomic mass is 19.4. The monoisotopic (exact) mass is 415 g/mol. The Hall–Kier alpha value is -3.42. The predicted molar refractivity (Wildman–Crippen MR) is 108 cm³/mol. The third-order valence-electron chi connectivity index (χ3n) is 4.58. The molecule has 0 bridgehead atoms. The summed E-state index contributed by atoms with van der Waals surface area (Å²) in [6.07, 6.45) is -4.60. The van der Waals surface area contributed by atoms with E-state index in [-0.39, 0.29) is 18.8 Å². The first-order chi connectivity index (χ1) is 14.2. The van der Waals surface area contributed by atoms with Gasteiger partial charge in [-0.3, -0.25) is 14.6 Å². The molecule has 1 heterocycles. The zero-order valence-corrected chi connectivity index (χ0v) is 16.5. The van der Waals surface area contributed by atoms with Gasteiger partial charge >= 0.3 is 6.18 Å². The number of aryl methyl sites for hydroxylation is 1. The Bertz CT molecular complexity index is 1100. The molecule has 1 aromatic heterocycles. The van der Waals surface area contributed by atoms with E-state index in [2.05, 4.69) is 10.3 Å². The number of carbonyl (C=O) groups is 2. The predicted octanol–water partition coefficient (Wildman–Crippen LogP) is 4.66. The van der Waals surface area contributed by atoms with E-state index in [0.29, 0.717) is 22.2 Å². The molecule has 0 atom stereocenters. The van der Waals surface area contributed by atoms with Crippen LogP contribution in [0.3, 0.4) is 0 Å². The van der Waals surface area contributed by atoms with Crippen molar-refractivity contribution < 1.29 is 22.8 Å². The molecule has 0 aliphatic rings. The molecule has 2 amide bonds. The topological polar surface area (TPSA) is 62.3 Å². The molecule has 1 N–H and O–H groups in total. The fourth-order valence-corrected chi connectivity index (χ4v) is 3.18. The quantitative estimate of drug-likeness (QED) is 0.659. The van der Waals surface area contributed by atoms with E-state index >= 15 is 0 Å². The van der Waals surface area contributed by atoms with Gasteiger partial charge in [0.25, 0.3) is 5.91 Å². The normalized spacial score (nSPS) is 11.4. The van der Waals surface area contributed by atoms with Gasteiger partial charge in [0.05, 0.1) is 22.3 Å². The van der Waals surface area contributed by atoms with Crippen molar-refractivity contribution in [1.29, 1.82) is 0 Å². The maximum Gasteiger partial charge on any atom is 0.418 e. The highest BCUT2D eigenvalue weighted by Gasteiger charge is 2.33. The number of rotatable bonds is 5. The number of amides is 2. The second-order valence-electron chi connectivity index (χ2n) is 6.74. The van der Waals surface area contributed by atoms with Gasteiger partial charge in [-0.25, -0.2) is 0 Å². The molecule has 3 rings (SSSR count). The number of carbonyl (C=O) groups excluding carboxylic acids is 2. The van der Waals surface area contributed by atoms with Gasteiger partial charge in [-0.2, -0.15) is 13.2 Å². The van der Waals surface area contributed by atoms with Gasteiger partial charge < -0.3 is 10.2 Å². The van der Waals surface area contributed by atoms with E-state index in [1.54, 1.807) is 38.1 Å². The van der Waals surface area contributed by atoms with Crippen LogP contribution in [0.4, 0.5) is 18.9 Å². The van der Waals surface area contributed by atoms with Gasteiger partial charge in [0.1, 0.15) is 6.54 Å². The van der Waals surface area contributed by atoms with Crippen molar-refractivity contribution in [2.24, 2.45) is 0 Å². The standard InChI is InChI=1S/C22H20F3N3O2/c1-3-28(13-20(29)27-19-11-7-5-9-17(19)22(23,24)25)21(30)16-12-14(2)26-18-10-6-4-8-15(16)18/h4-12H,3,13H2,1-2H3,(H,27,29). The first-order valence-corrected chi connectivity index (χ1v) is 9.32. The van der Waals surface area contributed by atoms with Gasteiger partial charge in [-0.05, 0) is 38.1 Å². The van der Waals surface area contributed by atoms with Crippen LogP contribution in [-0.4, -0.2) is 34.8 Å². The lowest BCUT2D eigenvalue weighted by molar-refractivity contribution is -0.137. The third kappa shape index (κ3) is 4.59. The Labute approximate surface area is 171 Å². The van der Waals surface area contributed by atoms with Crippen LogP contribution in [0.25, 0.3) is 10.9 Å². The molecule has 0 aliphatic carbocycles. The molecular formula is C22H20F3N3O2. The van der Waals surface area contributed by atoms with Crippen LogP contribution in [0, 0.1) is 6.92 Å². The second kappa shape index (κ2) is 8.52. The summed E-state index contributed by atoms with van der Waals surface area (Å²) in [6.45, 7) is 3.30. The summed E-state index contributed by atoms with van der Waals surface area (Å²) in [7, 11) is 0. The van der Waals surface area contributed by atoms with Gasteiger partial charge in [0.2, 0.25) is 5.91 Å². The number of para-hydroxylation sites is 2. The van der Waals surface area contributed by atoms with E-state index in [9.17, 15) is 22.8 Å². The smallest absolute Gasteiger partial charge is 0.330 e. The molecule has 0 saturated heterocycles. The minimum atomic E-state index is -4.60. The fourth-order valence-electron chi connectivity index (χ4n) is 3.18. The Morgan fingerprint density at radius 3 is 2.43 bits per heavy atom. The van der Waals surface area contributed by atoms with Gasteiger partial charge in [-0.15, -0.1) is 0 Å². The molecule has 0 fully saturated rings. The number of anilines is 1. The number of pyridine rings is 1. The number of halogens is 3. The molecule has 156 valence electrons. The average molecular weight is 415 g/mol. The van der Waals surface area contributed by atoms with Crippen LogP contribution in [0.5, 0.6) is 0 Å². The number of aromatic nitrogens is 1. The lowest BCUT2D eigenvalue weighted by Gasteiger charge is -2.22. The maximum atomic E-state index is 13.1. The Balaban J connectivity index is 1.83. The Morgan fingerprint density at radius 1 is 1.07 bits per heavy atom. The van der Waals surface area contributed by atoms with Gasteiger partial charge in [0.15, 0.2) is 0 Å². The Kier molecular flexibility index (Phi) is 6.05. The van der Waals surface area contributed by atoms with Crippen molar-refractivity contribution in [2.45, 2.75) is 20.0 Å². The first-order valence-electron chi connectivity index (χ1n) is 9.32. The number of benzene rings is 2. The van der Waals surface area contributed by atoms with Crippen LogP contribution >= 0.6 is 0 Å². The van der Waals surface area contributed by atoms with Crippen LogP contribution in [-0.2, 0) is 11.0 Å². The molecule has 0 spiro atoms. The van der Waals surface area contributed by atoms with E-state index in [4.69, 9.17) is 0 Å². The minimum Gasteiger partial charge on any atom is -0.330 e. The molecule has 30 heavy (non-hydrogen) atoms. The highest BCUT2D eigenvalue weighted by molar-refractivity contribution is 6.07. The molecule has 3 aromatic rings. The van der Waals surface area contributed by atoms with E-state index in [0.717, 1.165) is 6.07 Å². The molecular weight excluding hydrogens is 395 g/mol. The van der Waals surface area contributed by atoms with Crippen LogP contribution in [0.2, 0.25) is 0 Å². The lowest BCUT2D eigenvalue weighted by Crippen LogP contribution is -2.38. The molecule has 0 unspecified atom stereocenters.